The predicted molar refractivity (Wildman–Crippen MR) is 131 cm³/mol. The number of nitrogens with one attached hydrogen (secondary N) is 1. The highest BCUT2D eigenvalue weighted by atomic mass is 19.1. The lowest BCUT2D eigenvalue weighted by molar-refractivity contribution is -0.133. The van der Waals surface area contributed by atoms with Gasteiger partial charge in [-0.25, -0.2) is 9.18 Å². The molecule has 8 nitrogen and oxygen atoms in total. The summed E-state index contributed by atoms with van der Waals surface area (Å²) in [6.45, 7) is 9.07. The van der Waals surface area contributed by atoms with Crippen LogP contribution in [0.5, 0.6) is 0 Å². The van der Waals surface area contributed by atoms with Crippen LogP contribution in [-0.2, 0) is 22.6 Å². The molecule has 0 saturated carbocycles. The van der Waals surface area contributed by atoms with Crippen LogP contribution < -0.4 is 5.32 Å². The molecule has 0 atom stereocenters. The highest BCUT2D eigenvalue weighted by molar-refractivity contribution is 5.84. The van der Waals surface area contributed by atoms with Crippen LogP contribution in [0.1, 0.15) is 36.8 Å². The Kier molecular flexibility index (Phi) is 10.6. The molecule has 1 aromatic heterocycles. The molecule has 0 radical (unpaired) electrons. The third-order valence-corrected chi connectivity index (χ3v) is 5.99. The Morgan fingerprint density at radius 2 is 1.80 bits per heavy atom. The molecule has 0 bridgehead atoms. The quantitative estimate of drug-likeness (QED) is 0.464. The third kappa shape index (κ3) is 8.99. The monoisotopic (exact) mass is 488 g/mol. The van der Waals surface area contributed by atoms with Crippen LogP contribution in [0.25, 0.3) is 0 Å². The van der Waals surface area contributed by atoms with Crippen LogP contribution in [0.2, 0.25) is 0 Å². The molecule has 1 aliphatic rings. The Bertz CT molecular complexity index is 928. The van der Waals surface area contributed by atoms with E-state index in [-0.39, 0.29) is 37.4 Å². The summed E-state index contributed by atoms with van der Waals surface area (Å²) in [6, 6.07) is 9.54. The molecule has 35 heavy (non-hydrogen) atoms. The van der Waals surface area contributed by atoms with Gasteiger partial charge in [0.2, 0.25) is 5.91 Å². The van der Waals surface area contributed by atoms with E-state index in [9.17, 15) is 14.0 Å². The molecule has 9 heteroatoms. The topological polar surface area (TPSA) is 78.3 Å². The average Bonchev–Trinajstić information content (AvgIpc) is 3.27. The number of carbonyl (C=O) groups excluding carboxylic acids is 2. The number of hydrogen-bond donors (Lipinski definition) is 1. The summed E-state index contributed by atoms with van der Waals surface area (Å²) in [7, 11) is 0. The first kappa shape index (κ1) is 26.7. The molecule has 0 spiro atoms. The molecule has 1 aliphatic heterocycles. The molecule has 1 saturated heterocycles. The third-order valence-electron chi connectivity index (χ3n) is 5.99. The first-order valence-corrected chi connectivity index (χ1v) is 12.3. The van der Waals surface area contributed by atoms with Gasteiger partial charge in [0.1, 0.15) is 23.9 Å². The lowest BCUT2D eigenvalue weighted by Crippen LogP contribution is -2.50. The van der Waals surface area contributed by atoms with E-state index in [1.807, 2.05) is 19.1 Å². The van der Waals surface area contributed by atoms with Crippen LogP contribution in [0.15, 0.2) is 40.8 Å². The van der Waals surface area contributed by atoms with E-state index >= 15 is 0 Å². The van der Waals surface area contributed by atoms with Crippen molar-refractivity contribution in [3.63, 3.8) is 0 Å². The Balaban J connectivity index is 1.70. The van der Waals surface area contributed by atoms with Crippen molar-refractivity contribution in [2.45, 2.75) is 39.8 Å². The Labute approximate surface area is 207 Å². The Hall–Kier alpha value is -2.91. The van der Waals surface area contributed by atoms with Gasteiger partial charge in [-0.15, -0.1) is 0 Å². The summed E-state index contributed by atoms with van der Waals surface area (Å²) in [5, 5.41) is 2.94. The van der Waals surface area contributed by atoms with Crippen LogP contribution in [0.3, 0.4) is 0 Å². The van der Waals surface area contributed by atoms with Gasteiger partial charge in [-0.1, -0.05) is 25.5 Å². The fourth-order valence-corrected chi connectivity index (χ4v) is 3.89. The summed E-state index contributed by atoms with van der Waals surface area (Å²) in [5.41, 5.74) is 0.801. The number of unbranched alkanes of at least 4 members (excludes halogenated alkanes) is 1. The van der Waals surface area contributed by atoms with Crippen LogP contribution in [-0.4, -0.2) is 79.1 Å². The maximum Gasteiger partial charge on any atom is 0.317 e. The van der Waals surface area contributed by atoms with E-state index in [2.05, 4.69) is 17.1 Å². The van der Waals surface area contributed by atoms with Gasteiger partial charge in [-0.3, -0.25) is 9.69 Å². The van der Waals surface area contributed by atoms with Crippen molar-refractivity contribution in [1.29, 1.82) is 0 Å². The molecule has 1 fully saturated rings. The van der Waals surface area contributed by atoms with Gasteiger partial charge in [0.15, 0.2) is 0 Å². The van der Waals surface area contributed by atoms with Gasteiger partial charge in [-0.05, 0) is 43.2 Å². The van der Waals surface area contributed by atoms with E-state index in [0.717, 1.165) is 37.3 Å². The smallest absolute Gasteiger partial charge is 0.317 e. The number of halogens is 1. The highest BCUT2D eigenvalue weighted by Crippen LogP contribution is 2.14. The molecule has 2 heterocycles. The lowest BCUT2D eigenvalue weighted by atomic mass is 10.2. The molecule has 3 rings (SSSR count). The van der Waals surface area contributed by atoms with E-state index < -0.39 is 0 Å². The fourth-order valence-electron chi connectivity index (χ4n) is 3.89. The molecule has 0 unspecified atom stereocenters. The average molecular weight is 489 g/mol. The number of nitrogens with zero attached hydrogens (tertiary/aromatic N) is 3. The van der Waals surface area contributed by atoms with Gasteiger partial charge in [0.25, 0.3) is 0 Å². The van der Waals surface area contributed by atoms with E-state index in [1.54, 1.807) is 21.9 Å². The standard InChI is InChI=1S/C26H37FN4O4/c1-3-4-11-28-26(33)30(13-12-29-14-16-34-17-15-29)20-25(32)31(19-24-10-5-21(2)35-24)18-22-6-8-23(27)9-7-22/h5-10H,3-4,11-20H2,1-2H3,(H,28,33). The summed E-state index contributed by atoms with van der Waals surface area (Å²) in [5.74, 6) is 0.893. The summed E-state index contributed by atoms with van der Waals surface area (Å²) in [4.78, 5) is 31.9. The number of rotatable bonds is 12. The van der Waals surface area contributed by atoms with Crippen LogP contribution in [0.4, 0.5) is 9.18 Å². The number of morpholine rings is 1. The summed E-state index contributed by atoms with van der Waals surface area (Å²) < 4.78 is 24.5. The van der Waals surface area contributed by atoms with Gasteiger partial charge in [0.05, 0.1) is 19.8 Å². The number of hydrogen-bond acceptors (Lipinski definition) is 5. The van der Waals surface area contributed by atoms with Crippen LogP contribution >= 0.6 is 0 Å². The van der Waals surface area contributed by atoms with Crippen LogP contribution in [0, 0.1) is 12.7 Å². The second-order valence-electron chi connectivity index (χ2n) is 8.85. The summed E-state index contributed by atoms with van der Waals surface area (Å²) in [6.07, 6.45) is 1.85. The number of furan rings is 1. The van der Waals surface area contributed by atoms with Crippen molar-refractivity contribution in [1.82, 2.24) is 20.0 Å². The minimum Gasteiger partial charge on any atom is -0.464 e. The van der Waals surface area contributed by atoms with Crippen molar-refractivity contribution in [2.75, 3.05) is 52.5 Å². The predicted octanol–water partition coefficient (Wildman–Crippen LogP) is 3.40. The van der Waals surface area contributed by atoms with Gasteiger partial charge in [-0.2, -0.15) is 0 Å². The highest BCUT2D eigenvalue weighted by Gasteiger charge is 2.23. The maximum absolute atomic E-state index is 13.5. The minimum atomic E-state index is -0.327. The zero-order chi connectivity index (χ0) is 25.0. The number of benzene rings is 1. The first-order chi connectivity index (χ1) is 16.9. The molecule has 0 aliphatic carbocycles. The van der Waals surface area contributed by atoms with E-state index in [1.165, 1.54) is 12.1 Å². The van der Waals surface area contributed by atoms with E-state index in [4.69, 9.17) is 9.15 Å². The number of urea groups is 1. The zero-order valence-corrected chi connectivity index (χ0v) is 20.8. The molecule has 1 aromatic carbocycles. The molecular formula is C26H37FN4O4. The first-order valence-electron chi connectivity index (χ1n) is 12.3. The minimum absolute atomic E-state index is 0.0524. The molecule has 1 N–H and O–H groups in total. The van der Waals surface area contributed by atoms with Gasteiger partial charge in [0, 0.05) is 39.3 Å². The fraction of sp³-hybridized carbons (Fsp3) is 0.538. The molecule has 2 aromatic rings. The SMILES string of the molecule is CCCCNC(=O)N(CCN1CCOCC1)CC(=O)N(Cc1ccc(F)cc1)Cc1ccc(C)o1. The lowest BCUT2D eigenvalue weighted by Gasteiger charge is -2.31. The van der Waals surface area contributed by atoms with Crippen molar-refractivity contribution in [3.8, 4) is 0 Å². The molecule has 192 valence electrons. The van der Waals surface area contributed by atoms with E-state index in [0.29, 0.717) is 38.6 Å². The van der Waals surface area contributed by atoms with Crippen molar-refractivity contribution < 1.29 is 23.1 Å². The number of aryl methyl sites for hydroxylation is 1. The zero-order valence-electron chi connectivity index (χ0n) is 20.8. The van der Waals surface area contributed by atoms with Gasteiger partial charge >= 0.3 is 6.03 Å². The second kappa shape index (κ2) is 13.8. The normalized spacial score (nSPS) is 14.0. The van der Waals surface area contributed by atoms with Crippen molar-refractivity contribution in [2.24, 2.45) is 0 Å². The number of amides is 3. The second-order valence-corrected chi connectivity index (χ2v) is 8.85. The Morgan fingerprint density at radius 3 is 2.46 bits per heavy atom. The number of carbonyl (C=O) groups is 2. The largest absolute Gasteiger partial charge is 0.464 e. The Morgan fingerprint density at radius 1 is 1.06 bits per heavy atom. The molecule has 3 amide bonds. The van der Waals surface area contributed by atoms with Crippen molar-refractivity contribution >= 4 is 11.9 Å². The summed E-state index contributed by atoms with van der Waals surface area (Å²) >= 11 is 0. The number of ether oxygens (including phenoxy) is 1. The van der Waals surface area contributed by atoms with Crippen molar-refractivity contribution in [3.05, 3.63) is 59.3 Å². The van der Waals surface area contributed by atoms with Gasteiger partial charge < -0.3 is 24.3 Å². The molecular weight excluding hydrogens is 451 g/mol. The maximum atomic E-state index is 13.5.